The summed E-state index contributed by atoms with van der Waals surface area (Å²) in [6, 6.07) is 7.97. The Morgan fingerprint density at radius 1 is 1.39 bits per heavy atom. The van der Waals surface area contributed by atoms with E-state index < -0.39 is 0 Å². The highest BCUT2D eigenvalue weighted by Gasteiger charge is 2.10. The molecule has 1 heterocycles. The van der Waals surface area contributed by atoms with E-state index in [-0.39, 0.29) is 6.04 Å². The average molecular weight is 262 g/mol. The number of benzene rings is 1. The number of hydrogen-bond donors (Lipinski definition) is 1. The molecule has 2 rings (SSSR count). The molecule has 0 unspecified atom stereocenters. The third kappa shape index (κ3) is 3.09. The first-order valence-corrected chi connectivity index (χ1v) is 6.97. The van der Waals surface area contributed by atoms with Gasteiger partial charge in [-0.25, -0.2) is 4.98 Å². The van der Waals surface area contributed by atoms with Gasteiger partial charge in [-0.1, -0.05) is 25.1 Å². The zero-order chi connectivity index (χ0) is 13.0. The zero-order valence-electron chi connectivity index (χ0n) is 10.7. The summed E-state index contributed by atoms with van der Waals surface area (Å²) in [6.45, 7) is 4.57. The summed E-state index contributed by atoms with van der Waals surface area (Å²) in [5.74, 6) is 0.859. The third-order valence-corrected chi connectivity index (χ3v) is 3.62. The fourth-order valence-corrected chi connectivity index (χ4v) is 2.36. The number of thiazole rings is 1. The van der Waals surface area contributed by atoms with Gasteiger partial charge in [0.15, 0.2) is 0 Å². The standard InChI is InChI=1S/C14H18N2OS/c1-3-13(15)12-6-4-5-7-14(12)17-8-11-9-18-10(2)16-11/h4-7,9,13H,3,8,15H2,1-2H3/t13-/m0/s1. The molecule has 0 fully saturated rings. The zero-order valence-corrected chi connectivity index (χ0v) is 11.5. The first kappa shape index (κ1) is 13.1. The van der Waals surface area contributed by atoms with Gasteiger partial charge in [0, 0.05) is 17.0 Å². The molecule has 0 aliphatic carbocycles. The van der Waals surface area contributed by atoms with E-state index in [4.69, 9.17) is 10.5 Å². The Hall–Kier alpha value is -1.39. The summed E-state index contributed by atoms with van der Waals surface area (Å²) in [5, 5.41) is 3.09. The maximum Gasteiger partial charge on any atom is 0.131 e. The predicted molar refractivity (Wildman–Crippen MR) is 74.8 cm³/mol. The molecular formula is C14H18N2OS. The number of rotatable bonds is 5. The van der Waals surface area contributed by atoms with Crippen molar-refractivity contribution in [2.24, 2.45) is 5.73 Å². The lowest BCUT2D eigenvalue weighted by Crippen LogP contribution is -2.10. The minimum absolute atomic E-state index is 0.0263. The Bertz CT molecular complexity index is 510. The minimum atomic E-state index is 0.0263. The van der Waals surface area contributed by atoms with Gasteiger partial charge in [0.1, 0.15) is 12.4 Å². The van der Waals surface area contributed by atoms with Crippen LogP contribution in [0.15, 0.2) is 29.6 Å². The van der Waals surface area contributed by atoms with Crippen LogP contribution in [0.2, 0.25) is 0 Å². The molecule has 1 aromatic carbocycles. The SMILES string of the molecule is CC[C@H](N)c1ccccc1OCc1csc(C)n1. The lowest BCUT2D eigenvalue weighted by Gasteiger charge is -2.15. The second-order valence-corrected chi connectivity index (χ2v) is 5.26. The van der Waals surface area contributed by atoms with Crippen LogP contribution in [0.25, 0.3) is 0 Å². The number of nitrogens with two attached hydrogens (primary N) is 1. The Balaban J connectivity index is 2.09. The van der Waals surface area contributed by atoms with Gasteiger partial charge in [-0.2, -0.15) is 0 Å². The second kappa shape index (κ2) is 5.98. The normalized spacial score (nSPS) is 12.4. The molecule has 96 valence electrons. The highest BCUT2D eigenvalue weighted by Crippen LogP contribution is 2.26. The molecule has 4 heteroatoms. The summed E-state index contributed by atoms with van der Waals surface area (Å²) >= 11 is 1.64. The largest absolute Gasteiger partial charge is 0.487 e. The number of ether oxygens (including phenoxy) is 1. The molecule has 0 bridgehead atoms. The molecule has 0 aliphatic heterocycles. The fourth-order valence-electron chi connectivity index (χ4n) is 1.76. The van der Waals surface area contributed by atoms with Crippen LogP contribution >= 0.6 is 11.3 Å². The van der Waals surface area contributed by atoms with Gasteiger partial charge in [0.2, 0.25) is 0 Å². The molecule has 2 N–H and O–H groups in total. The topological polar surface area (TPSA) is 48.1 Å². The highest BCUT2D eigenvalue weighted by atomic mass is 32.1. The number of nitrogens with zero attached hydrogens (tertiary/aromatic N) is 1. The lowest BCUT2D eigenvalue weighted by molar-refractivity contribution is 0.296. The lowest BCUT2D eigenvalue weighted by atomic mass is 10.0. The van der Waals surface area contributed by atoms with E-state index in [1.54, 1.807) is 11.3 Å². The Morgan fingerprint density at radius 2 is 2.17 bits per heavy atom. The Morgan fingerprint density at radius 3 is 2.83 bits per heavy atom. The van der Waals surface area contributed by atoms with Crippen molar-refractivity contribution in [3.8, 4) is 5.75 Å². The quantitative estimate of drug-likeness (QED) is 0.898. The summed E-state index contributed by atoms with van der Waals surface area (Å²) < 4.78 is 5.82. The smallest absolute Gasteiger partial charge is 0.131 e. The molecule has 0 spiro atoms. The van der Waals surface area contributed by atoms with E-state index in [0.717, 1.165) is 28.4 Å². The van der Waals surface area contributed by atoms with Gasteiger partial charge < -0.3 is 10.5 Å². The molecule has 1 aromatic heterocycles. The van der Waals surface area contributed by atoms with Crippen LogP contribution in [-0.4, -0.2) is 4.98 Å². The second-order valence-electron chi connectivity index (χ2n) is 4.20. The van der Waals surface area contributed by atoms with Crippen LogP contribution in [0.3, 0.4) is 0 Å². The molecular weight excluding hydrogens is 244 g/mol. The highest BCUT2D eigenvalue weighted by molar-refractivity contribution is 7.09. The first-order valence-electron chi connectivity index (χ1n) is 6.09. The summed E-state index contributed by atoms with van der Waals surface area (Å²) in [4.78, 5) is 4.38. The van der Waals surface area contributed by atoms with E-state index in [0.29, 0.717) is 6.61 Å². The van der Waals surface area contributed by atoms with Crippen molar-refractivity contribution < 1.29 is 4.74 Å². The molecule has 0 radical (unpaired) electrons. The summed E-state index contributed by atoms with van der Waals surface area (Å²) in [6.07, 6.45) is 0.899. The van der Waals surface area contributed by atoms with Crippen LogP contribution in [0.4, 0.5) is 0 Å². The first-order chi connectivity index (χ1) is 8.70. The van der Waals surface area contributed by atoms with Gasteiger partial charge in [0.25, 0.3) is 0 Å². The van der Waals surface area contributed by atoms with Crippen molar-refractivity contribution in [3.63, 3.8) is 0 Å². The maximum atomic E-state index is 6.07. The third-order valence-electron chi connectivity index (χ3n) is 2.80. The van der Waals surface area contributed by atoms with Gasteiger partial charge in [0.05, 0.1) is 10.7 Å². The van der Waals surface area contributed by atoms with Crippen LogP contribution < -0.4 is 10.5 Å². The molecule has 2 aromatic rings. The minimum Gasteiger partial charge on any atom is -0.487 e. The van der Waals surface area contributed by atoms with Crippen LogP contribution in [0.1, 0.15) is 35.7 Å². The van der Waals surface area contributed by atoms with E-state index in [2.05, 4.69) is 11.9 Å². The van der Waals surface area contributed by atoms with E-state index in [1.165, 1.54) is 0 Å². The van der Waals surface area contributed by atoms with Gasteiger partial charge in [-0.15, -0.1) is 11.3 Å². The van der Waals surface area contributed by atoms with Gasteiger partial charge in [-0.05, 0) is 19.4 Å². The van der Waals surface area contributed by atoms with Gasteiger partial charge >= 0.3 is 0 Å². The van der Waals surface area contributed by atoms with E-state index in [9.17, 15) is 0 Å². The molecule has 18 heavy (non-hydrogen) atoms. The average Bonchev–Trinajstić information content (AvgIpc) is 2.81. The Labute approximate surface area is 112 Å². The van der Waals surface area contributed by atoms with Crippen molar-refractivity contribution in [1.82, 2.24) is 4.98 Å². The maximum absolute atomic E-state index is 6.07. The van der Waals surface area contributed by atoms with Crippen molar-refractivity contribution in [1.29, 1.82) is 0 Å². The van der Waals surface area contributed by atoms with Gasteiger partial charge in [-0.3, -0.25) is 0 Å². The van der Waals surface area contributed by atoms with Crippen LogP contribution in [-0.2, 0) is 6.61 Å². The number of aryl methyl sites for hydroxylation is 1. The number of para-hydroxylation sites is 1. The molecule has 0 saturated heterocycles. The number of hydrogen-bond acceptors (Lipinski definition) is 4. The predicted octanol–water partition coefficient (Wildman–Crippen LogP) is 3.44. The van der Waals surface area contributed by atoms with Crippen molar-refractivity contribution in [2.45, 2.75) is 32.9 Å². The monoisotopic (exact) mass is 262 g/mol. The summed E-state index contributed by atoms with van der Waals surface area (Å²) in [7, 11) is 0. The summed E-state index contributed by atoms with van der Waals surface area (Å²) in [5.41, 5.74) is 8.11. The molecule has 0 amide bonds. The molecule has 1 atom stereocenters. The van der Waals surface area contributed by atoms with E-state index in [1.807, 2.05) is 36.6 Å². The van der Waals surface area contributed by atoms with Crippen molar-refractivity contribution in [3.05, 3.63) is 45.9 Å². The van der Waals surface area contributed by atoms with Crippen molar-refractivity contribution >= 4 is 11.3 Å². The van der Waals surface area contributed by atoms with E-state index >= 15 is 0 Å². The molecule has 0 saturated carbocycles. The van der Waals surface area contributed by atoms with Crippen LogP contribution in [0.5, 0.6) is 5.75 Å². The molecule has 3 nitrogen and oxygen atoms in total. The van der Waals surface area contributed by atoms with Crippen molar-refractivity contribution in [2.75, 3.05) is 0 Å². The Kier molecular flexibility index (Phi) is 4.33. The molecule has 0 aliphatic rings. The number of aromatic nitrogens is 1. The fraction of sp³-hybridized carbons (Fsp3) is 0.357. The van der Waals surface area contributed by atoms with Crippen LogP contribution in [0, 0.1) is 6.92 Å².